The zero-order valence-electron chi connectivity index (χ0n) is 11.6. The molecular weight excluding hydrogens is 252 g/mol. The van der Waals surface area contributed by atoms with Crippen molar-refractivity contribution in [3.8, 4) is 0 Å². The van der Waals surface area contributed by atoms with Crippen LogP contribution in [0.5, 0.6) is 0 Å². The summed E-state index contributed by atoms with van der Waals surface area (Å²) in [4.78, 5) is 27.0. The van der Waals surface area contributed by atoms with Gasteiger partial charge < -0.3 is 10.6 Å². The lowest BCUT2D eigenvalue weighted by atomic mass is 9.81. The Morgan fingerprint density at radius 1 is 1.20 bits per heavy atom. The van der Waals surface area contributed by atoms with Gasteiger partial charge in [-0.05, 0) is 37.9 Å². The second-order valence-corrected chi connectivity index (χ2v) is 5.95. The van der Waals surface area contributed by atoms with Gasteiger partial charge in [0.25, 0.3) is 0 Å². The van der Waals surface area contributed by atoms with Crippen LogP contribution in [-0.4, -0.2) is 36.2 Å². The van der Waals surface area contributed by atoms with Crippen molar-refractivity contribution in [3.63, 3.8) is 0 Å². The Balaban J connectivity index is 1.90. The molecule has 0 saturated carbocycles. The molecule has 1 aliphatic carbocycles. The van der Waals surface area contributed by atoms with E-state index in [1.54, 1.807) is 6.07 Å². The summed E-state index contributed by atoms with van der Waals surface area (Å²) in [5, 5.41) is 0. The quantitative estimate of drug-likeness (QED) is 0.846. The molecule has 1 fully saturated rings. The van der Waals surface area contributed by atoms with Crippen molar-refractivity contribution >= 4 is 11.7 Å². The van der Waals surface area contributed by atoms with E-state index >= 15 is 0 Å². The van der Waals surface area contributed by atoms with E-state index in [1.165, 1.54) is 6.42 Å². The van der Waals surface area contributed by atoms with Crippen molar-refractivity contribution in [2.45, 2.75) is 25.7 Å². The van der Waals surface area contributed by atoms with Crippen LogP contribution in [0.2, 0.25) is 0 Å². The number of piperidine rings is 1. The van der Waals surface area contributed by atoms with E-state index in [2.05, 4.69) is 4.90 Å². The summed E-state index contributed by atoms with van der Waals surface area (Å²) in [6.07, 6.45) is 3.95. The molecule has 2 aliphatic rings. The van der Waals surface area contributed by atoms with Crippen molar-refractivity contribution in [3.05, 3.63) is 35.4 Å². The van der Waals surface area contributed by atoms with Crippen molar-refractivity contribution in [1.29, 1.82) is 0 Å². The van der Waals surface area contributed by atoms with Crippen LogP contribution in [0.1, 0.15) is 35.2 Å². The molecular formula is C16H20N2O2. The van der Waals surface area contributed by atoms with Crippen LogP contribution in [-0.2, 0) is 11.2 Å². The third-order valence-electron chi connectivity index (χ3n) is 4.60. The first-order valence-corrected chi connectivity index (χ1v) is 7.28. The van der Waals surface area contributed by atoms with Gasteiger partial charge in [-0.25, -0.2) is 0 Å². The van der Waals surface area contributed by atoms with Crippen molar-refractivity contribution in [1.82, 2.24) is 4.90 Å². The van der Waals surface area contributed by atoms with Gasteiger partial charge in [0.1, 0.15) is 5.41 Å². The predicted molar refractivity (Wildman–Crippen MR) is 76.4 cm³/mol. The highest BCUT2D eigenvalue weighted by Crippen LogP contribution is 2.38. The van der Waals surface area contributed by atoms with E-state index in [9.17, 15) is 9.59 Å². The minimum Gasteiger partial charge on any atom is -0.369 e. The Labute approximate surface area is 118 Å². The highest BCUT2D eigenvalue weighted by molar-refractivity contribution is 6.17. The van der Waals surface area contributed by atoms with Crippen molar-refractivity contribution in [2.75, 3.05) is 19.6 Å². The summed E-state index contributed by atoms with van der Waals surface area (Å²) in [6.45, 7) is 2.38. The molecule has 3 rings (SSSR count). The van der Waals surface area contributed by atoms with E-state index in [4.69, 9.17) is 5.73 Å². The van der Waals surface area contributed by atoms with Crippen molar-refractivity contribution < 1.29 is 9.59 Å². The second-order valence-electron chi connectivity index (χ2n) is 5.95. The van der Waals surface area contributed by atoms with Gasteiger partial charge in [-0.3, -0.25) is 9.59 Å². The Hall–Kier alpha value is -1.68. The number of ketones is 1. The number of likely N-dealkylation sites (tertiary alicyclic amines) is 1. The molecule has 0 spiro atoms. The van der Waals surface area contributed by atoms with Crippen LogP contribution in [0.25, 0.3) is 0 Å². The average Bonchev–Trinajstić information content (AvgIpc) is 2.75. The molecule has 106 valence electrons. The number of hydrogen-bond donors (Lipinski definition) is 1. The van der Waals surface area contributed by atoms with E-state index in [-0.39, 0.29) is 5.78 Å². The standard InChI is InChI=1S/C16H20N2O2/c17-15(20)16(11-18-8-4-1-5-9-18)10-12-6-2-3-7-13(12)14(16)19/h2-3,6-7H,1,4-5,8-11H2,(H2,17,20). The highest BCUT2D eigenvalue weighted by atomic mass is 16.2. The molecule has 1 unspecified atom stereocenters. The fourth-order valence-corrected chi connectivity index (χ4v) is 3.46. The van der Waals surface area contributed by atoms with Gasteiger partial charge in [0.15, 0.2) is 5.78 Å². The number of fused-ring (bicyclic) bond motifs is 1. The summed E-state index contributed by atoms with van der Waals surface area (Å²) >= 11 is 0. The fraction of sp³-hybridized carbons (Fsp3) is 0.500. The molecule has 0 aromatic heterocycles. The molecule has 1 saturated heterocycles. The molecule has 1 aliphatic heterocycles. The lowest BCUT2D eigenvalue weighted by Crippen LogP contribution is -2.51. The lowest BCUT2D eigenvalue weighted by Gasteiger charge is -2.34. The lowest BCUT2D eigenvalue weighted by molar-refractivity contribution is -0.126. The largest absolute Gasteiger partial charge is 0.369 e. The van der Waals surface area contributed by atoms with Gasteiger partial charge in [-0.15, -0.1) is 0 Å². The number of carbonyl (C=O) groups excluding carboxylic acids is 2. The van der Waals surface area contributed by atoms with Crippen LogP contribution < -0.4 is 5.73 Å². The first-order valence-electron chi connectivity index (χ1n) is 7.28. The minimum absolute atomic E-state index is 0.0915. The van der Waals surface area contributed by atoms with Crippen LogP contribution in [0, 0.1) is 5.41 Å². The predicted octanol–water partition coefficient (Wildman–Crippen LogP) is 1.38. The zero-order valence-corrected chi connectivity index (χ0v) is 11.6. The first kappa shape index (κ1) is 13.3. The molecule has 0 radical (unpaired) electrons. The van der Waals surface area contributed by atoms with E-state index in [0.717, 1.165) is 31.5 Å². The molecule has 4 nitrogen and oxygen atoms in total. The molecule has 1 heterocycles. The third kappa shape index (κ3) is 2.04. The Kier molecular flexibility index (Phi) is 3.34. The molecule has 2 N–H and O–H groups in total. The molecule has 4 heteroatoms. The van der Waals surface area contributed by atoms with Crippen LogP contribution >= 0.6 is 0 Å². The monoisotopic (exact) mass is 272 g/mol. The highest BCUT2D eigenvalue weighted by Gasteiger charge is 2.51. The van der Waals surface area contributed by atoms with E-state index in [1.807, 2.05) is 18.2 Å². The maximum atomic E-state index is 12.7. The maximum Gasteiger partial charge on any atom is 0.233 e. The number of carbonyl (C=O) groups is 2. The van der Waals surface area contributed by atoms with Gasteiger partial charge in [0, 0.05) is 12.1 Å². The molecule has 1 amide bonds. The number of rotatable bonds is 3. The average molecular weight is 272 g/mol. The number of benzene rings is 1. The van der Waals surface area contributed by atoms with Gasteiger partial charge in [-0.2, -0.15) is 0 Å². The Morgan fingerprint density at radius 3 is 2.55 bits per heavy atom. The number of hydrogen-bond acceptors (Lipinski definition) is 3. The number of nitrogens with two attached hydrogens (primary N) is 1. The molecule has 20 heavy (non-hydrogen) atoms. The SMILES string of the molecule is NC(=O)C1(CN2CCCCC2)Cc2ccccc2C1=O. The summed E-state index contributed by atoms with van der Waals surface area (Å²) in [5.41, 5.74) is 6.20. The van der Waals surface area contributed by atoms with Gasteiger partial charge in [0.2, 0.25) is 5.91 Å². The number of amides is 1. The smallest absolute Gasteiger partial charge is 0.233 e. The molecule has 0 bridgehead atoms. The second kappa shape index (κ2) is 5.02. The maximum absolute atomic E-state index is 12.7. The minimum atomic E-state index is -1.05. The summed E-state index contributed by atoms with van der Waals surface area (Å²) < 4.78 is 0. The van der Waals surface area contributed by atoms with Crippen LogP contribution in [0.4, 0.5) is 0 Å². The summed E-state index contributed by atoms with van der Waals surface area (Å²) in [5.74, 6) is -0.574. The number of nitrogens with zero attached hydrogens (tertiary/aromatic N) is 1. The van der Waals surface area contributed by atoms with Crippen LogP contribution in [0.3, 0.4) is 0 Å². The van der Waals surface area contributed by atoms with Crippen LogP contribution in [0.15, 0.2) is 24.3 Å². The van der Waals surface area contributed by atoms with Gasteiger partial charge >= 0.3 is 0 Å². The molecule has 1 aromatic carbocycles. The first-order chi connectivity index (χ1) is 9.63. The number of Topliss-reactive ketones (excluding diaryl/α,β-unsaturated/α-hetero) is 1. The normalized spacial score (nSPS) is 26.5. The summed E-state index contributed by atoms with van der Waals surface area (Å²) in [6, 6.07) is 7.48. The van der Waals surface area contributed by atoms with Gasteiger partial charge in [-0.1, -0.05) is 30.7 Å². The molecule has 1 atom stereocenters. The number of primary amides is 1. The fourth-order valence-electron chi connectivity index (χ4n) is 3.46. The third-order valence-corrected chi connectivity index (χ3v) is 4.60. The molecule has 1 aromatic rings. The Morgan fingerprint density at radius 2 is 1.90 bits per heavy atom. The summed E-state index contributed by atoms with van der Waals surface area (Å²) in [7, 11) is 0. The topological polar surface area (TPSA) is 63.4 Å². The van der Waals surface area contributed by atoms with E-state index < -0.39 is 11.3 Å². The van der Waals surface area contributed by atoms with E-state index in [0.29, 0.717) is 18.5 Å². The van der Waals surface area contributed by atoms with Crippen molar-refractivity contribution in [2.24, 2.45) is 11.1 Å². The Bertz CT molecular complexity index is 549. The zero-order chi connectivity index (χ0) is 14.2. The van der Waals surface area contributed by atoms with Gasteiger partial charge in [0.05, 0.1) is 0 Å².